The number of pyridine rings is 1. The van der Waals surface area contributed by atoms with Gasteiger partial charge in [-0.2, -0.15) is 0 Å². The van der Waals surface area contributed by atoms with Crippen LogP contribution in [0.3, 0.4) is 0 Å². The average Bonchev–Trinajstić information content (AvgIpc) is 3.44. The van der Waals surface area contributed by atoms with Gasteiger partial charge in [0.2, 0.25) is 10.0 Å². The Morgan fingerprint density at radius 1 is 1.02 bits per heavy atom. The number of carbonyl (C=O) groups excluding carboxylic acids is 1. The van der Waals surface area contributed by atoms with Crippen LogP contribution >= 0.6 is 0 Å². The molecule has 2 saturated carbocycles. The predicted molar refractivity (Wildman–Crippen MR) is 171 cm³/mol. The van der Waals surface area contributed by atoms with E-state index in [1.807, 2.05) is 40.8 Å². The van der Waals surface area contributed by atoms with Crippen LogP contribution in [0.15, 0.2) is 59.5 Å². The van der Waals surface area contributed by atoms with Gasteiger partial charge in [0, 0.05) is 48.7 Å². The Bertz CT molecular complexity index is 2110. The standard InChI is InChI=1S/C33H35N7O4S/c1-38-30-25(13-22(15-28(30)44-2)33(41)40-17-21-8-12-26(40)29(21)34)37-32(38)27-14-20-7-11-24(36-31(20)39(27)16-18-3-4-18)19-5-9-23(10-6-19)45(35,42)43/h5-7,9-11,13-15,18,21,26,29H,3-4,8,12,16-17,34H2,1-2H3,(H2,35,42,43)/t21-,26-,29-/m1/s1. The van der Waals surface area contributed by atoms with Gasteiger partial charge in [0.25, 0.3) is 5.91 Å². The average molecular weight is 626 g/mol. The van der Waals surface area contributed by atoms with Crippen LogP contribution in [0.2, 0.25) is 0 Å². The molecule has 0 spiro atoms. The number of aryl methyl sites for hydroxylation is 1. The van der Waals surface area contributed by atoms with Gasteiger partial charge in [-0.1, -0.05) is 12.1 Å². The molecule has 2 bridgehead atoms. The Labute approximate surface area is 260 Å². The summed E-state index contributed by atoms with van der Waals surface area (Å²) < 4.78 is 33.6. The molecular formula is C33H35N7O4S. The minimum absolute atomic E-state index is 0.0262. The first kappa shape index (κ1) is 28.2. The number of likely N-dealkylation sites (tertiary alicyclic amines) is 1. The van der Waals surface area contributed by atoms with Crippen LogP contribution in [0.25, 0.3) is 44.8 Å². The quantitative estimate of drug-likeness (QED) is 0.279. The summed E-state index contributed by atoms with van der Waals surface area (Å²) >= 11 is 0. The second-order valence-electron chi connectivity index (χ2n) is 12.7. The van der Waals surface area contributed by atoms with E-state index < -0.39 is 10.0 Å². The van der Waals surface area contributed by atoms with E-state index in [0.717, 1.165) is 71.6 Å². The maximum atomic E-state index is 13.7. The van der Waals surface area contributed by atoms with Crippen molar-refractivity contribution in [2.45, 2.75) is 49.2 Å². The summed E-state index contributed by atoms with van der Waals surface area (Å²) in [5.74, 6) is 2.26. The lowest BCUT2D eigenvalue weighted by molar-refractivity contribution is 0.0700. The summed E-state index contributed by atoms with van der Waals surface area (Å²) in [6.07, 6.45) is 4.36. The van der Waals surface area contributed by atoms with Crippen LogP contribution in [0, 0.1) is 11.8 Å². The molecule has 232 valence electrons. The Morgan fingerprint density at radius 3 is 2.44 bits per heavy atom. The number of benzene rings is 2. The molecule has 0 unspecified atom stereocenters. The van der Waals surface area contributed by atoms with Crippen LogP contribution in [0.1, 0.15) is 36.0 Å². The molecule has 1 saturated heterocycles. The van der Waals surface area contributed by atoms with Crippen LogP contribution in [-0.4, -0.2) is 64.1 Å². The number of hydrogen-bond acceptors (Lipinski definition) is 7. The third-order valence-electron chi connectivity index (χ3n) is 9.90. The molecule has 3 aliphatic rings. The normalized spacial score (nSPS) is 21.3. The number of methoxy groups -OCH3 is 1. The van der Waals surface area contributed by atoms with Gasteiger partial charge < -0.3 is 24.5 Å². The van der Waals surface area contributed by atoms with Crippen molar-refractivity contribution in [3.05, 3.63) is 60.2 Å². The molecule has 4 heterocycles. The van der Waals surface area contributed by atoms with Gasteiger partial charge in [0.05, 0.1) is 28.9 Å². The number of nitrogens with zero attached hydrogens (tertiary/aromatic N) is 5. The predicted octanol–water partition coefficient (Wildman–Crippen LogP) is 3.88. The van der Waals surface area contributed by atoms with Gasteiger partial charge >= 0.3 is 0 Å². The second kappa shape index (κ2) is 10.1. The number of hydrogen-bond donors (Lipinski definition) is 2. The van der Waals surface area contributed by atoms with Gasteiger partial charge in [-0.05, 0) is 80.0 Å². The second-order valence-corrected chi connectivity index (χ2v) is 14.3. The number of piperidine rings is 1. The van der Waals surface area contributed by atoms with Crippen LogP contribution in [-0.2, 0) is 23.6 Å². The van der Waals surface area contributed by atoms with E-state index in [0.29, 0.717) is 35.2 Å². The molecular weight excluding hydrogens is 590 g/mol. The van der Waals surface area contributed by atoms with Gasteiger partial charge in [0.1, 0.15) is 16.9 Å². The Kier molecular flexibility index (Phi) is 6.35. The minimum atomic E-state index is -3.78. The van der Waals surface area contributed by atoms with Gasteiger partial charge in [-0.15, -0.1) is 0 Å². The molecule has 2 aliphatic carbocycles. The first-order chi connectivity index (χ1) is 21.6. The van der Waals surface area contributed by atoms with Crippen molar-refractivity contribution >= 4 is 38.0 Å². The van der Waals surface area contributed by atoms with Crippen LogP contribution in [0.5, 0.6) is 5.75 Å². The highest BCUT2D eigenvalue weighted by Crippen LogP contribution is 2.40. The lowest BCUT2D eigenvalue weighted by Gasteiger charge is -2.27. The zero-order valence-electron chi connectivity index (χ0n) is 25.2. The number of amides is 1. The smallest absolute Gasteiger partial charge is 0.254 e. The number of aromatic nitrogens is 4. The third kappa shape index (κ3) is 4.62. The van der Waals surface area contributed by atoms with Gasteiger partial charge in [-0.25, -0.2) is 23.5 Å². The lowest BCUT2D eigenvalue weighted by Crippen LogP contribution is -2.41. The molecule has 45 heavy (non-hydrogen) atoms. The fourth-order valence-corrected chi connectivity index (χ4v) is 7.81. The topological polar surface area (TPSA) is 151 Å². The zero-order chi connectivity index (χ0) is 31.2. The highest BCUT2D eigenvalue weighted by atomic mass is 32.2. The number of ether oxygens (including phenoxy) is 1. The molecule has 4 N–H and O–H groups in total. The number of imidazole rings is 1. The van der Waals surface area contributed by atoms with Crippen molar-refractivity contribution in [3.63, 3.8) is 0 Å². The Hall–Kier alpha value is -4.26. The highest BCUT2D eigenvalue weighted by molar-refractivity contribution is 7.89. The van der Waals surface area contributed by atoms with Crippen molar-refractivity contribution in [3.8, 4) is 28.5 Å². The fourth-order valence-electron chi connectivity index (χ4n) is 7.30. The van der Waals surface area contributed by atoms with Crippen LogP contribution < -0.4 is 15.6 Å². The molecule has 3 atom stereocenters. The first-order valence-corrected chi connectivity index (χ1v) is 16.9. The summed E-state index contributed by atoms with van der Waals surface area (Å²) in [6.45, 7) is 1.51. The van der Waals surface area contributed by atoms with Crippen molar-refractivity contribution in [1.82, 2.24) is 24.0 Å². The zero-order valence-corrected chi connectivity index (χ0v) is 26.0. The maximum absolute atomic E-state index is 13.7. The van der Waals surface area contributed by atoms with E-state index in [9.17, 15) is 13.2 Å². The summed E-state index contributed by atoms with van der Waals surface area (Å²) in [5.41, 5.74) is 11.8. The monoisotopic (exact) mass is 625 g/mol. The summed E-state index contributed by atoms with van der Waals surface area (Å²) in [7, 11) is -0.193. The van der Waals surface area contributed by atoms with Gasteiger partial charge in [0.15, 0.2) is 5.82 Å². The summed E-state index contributed by atoms with van der Waals surface area (Å²) in [5, 5.41) is 6.27. The Balaban J connectivity index is 1.22. The first-order valence-electron chi connectivity index (χ1n) is 15.4. The highest BCUT2D eigenvalue weighted by Gasteiger charge is 2.47. The molecule has 11 nitrogen and oxygen atoms in total. The maximum Gasteiger partial charge on any atom is 0.254 e. The summed E-state index contributed by atoms with van der Waals surface area (Å²) in [4.78, 5) is 25.8. The number of nitrogens with two attached hydrogens (primary N) is 2. The SMILES string of the molecule is COc1cc(C(=O)N2C[C@H]3CC[C@@H]2[C@@H]3N)cc2nc(-c3cc4ccc(-c5ccc(S(N)(=O)=O)cc5)nc4n3CC3CC3)n(C)c12. The van der Waals surface area contributed by atoms with E-state index in [-0.39, 0.29) is 22.9 Å². The molecule has 5 aromatic rings. The minimum Gasteiger partial charge on any atom is -0.494 e. The number of sulfonamides is 1. The van der Waals surface area contributed by atoms with Crippen molar-refractivity contribution in [2.75, 3.05) is 13.7 Å². The Morgan fingerprint density at radius 2 is 1.80 bits per heavy atom. The van der Waals surface area contributed by atoms with Crippen molar-refractivity contribution in [2.24, 2.45) is 29.8 Å². The summed E-state index contributed by atoms with van der Waals surface area (Å²) in [6, 6.07) is 16.4. The third-order valence-corrected chi connectivity index (χ3v) is 10.8. The fraction of sp³-hybridized carbons (Fsp3) is 0.364. The molecule has 3 aromatic heterocycles. The number of rotatable bonds is 7. The van der Waals surface area contributed by atoms with E-state index in [2.05, 4.69) is 10.6 Å². The molecule has 12 heteroatoms. The molecule has 1 aliphatic heterocycles. The number of fused-ring (bicyclic) bond motifs is 4. The number of primary sulfonamides is 1. The van der Waals surface area contributed by atoms with Gasteiger partial charge in [-0.3, -0.25) is 4.79 Å². The molecule has 8 rings (SSSR count). The van der Waals surface area contributed by atoms with E-state index in [4.69, 9.17) is 25.6 Å². The molecule has 1 amide bonds. The van der Waals surface area contributed by atoms with E-state index >= 15 is 0 Å². The number of carbonyl (C=O) groups is 1. The van der Waals surface area contributed by atoms with Crippen molar-refractivity contribution in [1.29, 1.82) is 0 Å². The van der Waals surface area contributed by atoms with Crippen LogP contribution in [0.4, 0.5) is 0 Å². The van der Waals surface area contributed by atoms with Crippen molar-refractivity contribution < 1.29 is 17.9 Å². The molecule has 3 fully saturated rings. The lowest BCUT2D eigenvalue weighted by atomic mass is 10.1. The van der Waals surface area contributed by atoms with E-state index in [1.165, 1.54) is 12.1 Å². The van der Waals surface area contributed by atoms with E-state index in [1.54, 1.807) is 19.2 Å². The molecule has 0 radical (unpaired) electrons. The largest absolute Gasteiger partial charge is 0.494 e. The molecule has 2 aromatic carbocycles.